The summed E-state index contributed by atoms with van der Waals surface area (Å²) in [5.41, 5.74) is 9.75. The predicted molar refractivity (Wildman–Crippen MR) is 140 cm³/mol. The number of nitrogens with zero attached hydrogens (tertiary/aromatic N) is 4. The molecule has 2 aliphatic rings. The van der Waals surface area contributed by atoms with Gasteiger partial charge in [-0.25, -0.2) is 9.97 Å². The summed E-state index contributed by atoms with van der Waals surface area (Å²) in [6, 6.07) is 8.94. The van der Waals surface area contributed by atoms with Gasteiger partial charge < -0.3 is 16.0 Å². The lowest BCUT2D eigenvalue weighted by molar-refractivity contribution is 0.131. The number of nitrogens with one attached hydrogen (secondary N) is 1. The topological polar surface area (TPSA) is 80.0 Å². The molecular formula is C27H40N6. The smallest absolute Gasteiger partial charge is 0.134 e. The normalized spacial score (nSPS) is 16.8. The first kappa shape index (κ1) is 24.9. The first-order valence-corrected chi connectivity index (χ1v) is 12.6. The van der Waals surface area contributed by atoms with Crippen molar-refractivity contribution in [3.8, 4) is 11.1 Å². The molecule has 3 N–H and O–H groups in total. The number of pyridine rings is 1. The molecule has 33 heavy (non-hydrogen) atoms. The molecule has 1 saturated heterocycles. The van der Waals surface area contributed by atoms with E-state index in [-0.39, 0.29) is 0 Å². The Bertz CT molecular complexity index is 961. The molecular weight excluding hydrogens is 408 g/mol. The van der Waals surface area contributed by atoms with Crippen LogP contribution in [-0.4, -0.2) is 46.0 Å². The van der Waals surface area contributed by atoms with Crippen molar-refractivity contribution in [3.05, 3.63) is 43.0 Å². The molecule has 3 aromatic rings. The highest BCUT2D eigenvalue weighted by Gasteiger charge is 2.21. The van der Waals surface area contributed by atoms with Gasteiger partial charge >= 0.3 is 0 Å². The third-order valence-electron chi connectivity index (χ3n) is 6.51. The van der Waals surface area contributed by atoms with Crippen molar-refractivity contribution in [2.45, 2.75) is 71.3 Å². The van der Waals surface area contributed by atoms with Crippen LogP contribution in [0.5, 0.6) is 0 Å². The molecule has 178 valence electrons. The summed E-state index contributed by atoms with van der Waals surface area (Å²) in [6.45, 7) is 6.79. The van der Waals surface area contributed by atoms with Crippen LogP contribution in [0.1, 0.15) is 65.2 Å². The second-order valence-corrected chi connectivity index (χ2v) is 8.59. The lowest BCUT2D eigenvalue weighted by Gasteiger charge is -2.36. The molecule has 0 spiro atoms. The molecule has 3 heterocycles. The number of rotatable bonds is 3. The van der Waals surface area contributed by atoms with E-state index in [4.69, 9.17) is 5.73 Å². The van der Waals surface area contributed by atoms with E-state index in [2.05, 4.69) is 25.2 Å². The zero-order chi connectivity index (χ0) is 23.5. The summed E-state index contributed by atoms with van der Waals surface area (Å²) in [5, 5.41) is 3.93. The Morgan fingerprint density at radius 1 is 0.879 bits per heavy atom. The molecule has 0 radical (unpaired) electrons. The molecule has 0 amide bonds. The average Bonchev–Trinajstić information content (AvgIpc) is 2.91. The van der Waals surface area contributed by atoms with Gasteiger partial charge in [-0.2, -0.15) is 0 Å². The highest BCUT2D eigenvalue weighted by atomic mass is 15.2. The third kappa shape index (κ3) is 6.87. The Hall–Kier alpha value is -2.73. The number of benzene rings is 1. The van der Waals surface area contributed by atoms with Crippen LogP contribution in [0.3, 0.4) is 0 Å². The van der Waals surface area contributed by atoms with Crippen LogP contribution in [0, 0.1) is 0 Å². The van der Waals surface area contributed by atoms with Gasteiger partial charge in [-0.15, -0.1) is 0 Å². The van der Waals surface area contributed by atoms with E-state index in [1.165, 1.54) is 70.8 Å². The van der Waals surface area contributed by atoms with Crippen LogP contribution >= 0.6 is 0 Å². The van der Waals surface area contributed by atoms with Crippen molar-refractivity contribution in [2.75, 3.05) is 31.2 Å². The third-order valence-corrected chi connectivity index (χ3v) is 6.51. The summed E-state index contributed by atoms with van der Waals surface area (Å²) in [5.74, 6) is 0.490. The summed E-state index contributed by atoms with van der Waals surface area (Å²) < 4.78 is 0. The van der Waals surface area contributed by atoms with E-state index in [1.54, 1.807) is 6.20 Å². The van der Waals surface area contributed by atoms with Crippen LogP contribution in [0.4, 0.5) is 11.5 Å². The first-order valence-electron chi connectivity index (χ1n) is 12.6. The van der Waals surface area contributed by atoms with Crippen molar-refractivity contribution in [3.63, 3.8) is 0 Å². The number of likely N-dealkylation sites (tertiary alicyclic amines) is 1. The van der Waals surface area contributed by atoms with E-state index in [9.17, 15) is 0 Å². The van der Waals surface area contributed by atoms with Gasteiger partial charge in [-0.05, 0) is 62.5 Å². The Labute approximate surface area is 199 Å². The van der Waals surface area contributed by atoms with Gasteiger partial charge in [-0.3, -0.25) is 4.98 Å². The number of piperidine rings is 1. The second kappa shape index (κ2) is 13.1. The molecule has 6 nitrogen and oxygen atoms in total. The molecule has 0 bridgehead atoms. The quantitative estimate of drug-likeness (QED) is 0.500. The lowest BCUT2D eigenvalue weighted by atomic mass is 9.93. The Morgan fingerprint density at radius 2 is 1.61 bits per heavy atom. The van der Waals surface area contributed by atoms with E-state index in [0.717, 1.165) is 33.8 Å². The zero-order valence-corrected chi connectivity index (χ0v) is 20.6. The molecule has 2 aromatic heterocycles. The highest BCUT2D eigenvalue weighted by molar-refractivity contribution is 5.91. The van der Waals surface area contributed by atoms with Crippen molar-refractivity contribution in [1.82, 2.24) is 19.9 Å². The van der Waals surface area contributed by atoms with Crippen molar-refractivity contribution in [2.24, 2.45) is 0 Å². The largest absolute Gasteiger partial charge is 0.387 e. The minimum absolute atomic E-state index is 0.490. The van der Waals surface area contributed by atoms with Crippen LogP contribution in [0.2, 0.25) is 0 Å². The molecule has 1 aromatic carbocycles. The summed E-state index contributed by atoms with van der Waals surface area (Å²) in [6.07, 6.45) is 16.9. The number of nitrogen functional groups attached to an aromatic ring is 1. The maximum absolute atomic E-state index is 5.88. The number of hydrogen-bond donors (Lipinski definition) is 2. The van der Waals surface area contributed by atoms with Crippen LogP contribution in [0.25, 0.3) is 22.0 Å². The first-order chi connectivity index (χ1) is 16.2. The van der Waals surface area contributed by atoms with E-state index in [1.807, 2.05) is 51.4 Å². The Morgan fingerprint density at radius 3 is 2.33 bits per heavy atom. The van der Waals surface area contributed by atoms with Gasteiger partial charge in [-0.1, -0.05) is 45.6 Å². The van der Waals surface area contributed by atoms with Crippen molar-refractivity contribution >= 4 is 22.4 Å². The molecule has 0 atom stereocenters. The number of aromatic nitrogens is 3. The van der Waals surface area contributed by atoms with Crippen molar-refractivity contribution < 1.29 is 0 Å². The summed E-state index contributed by atoms with van der Waals surface area (Å²) in [7, 11) is 1.87. The van der Waals surface area contributed by atoms with Gasteiger partial charge in [0.15, 0.2) is 0 Å². The van der Waals surface area contributed by atoms with Crippen molar-refractivity contribution in [1.29, 1.82) is 0 Å². The standard InChI is InChI=1S/C14H13N5.C11H21N.C2H6/c1-16-11-4-10(6-17-7-11)9-2-3-13-12(5-9)14(15)19-8-18-13;1-3-7-11(8-4-1)12-9-5-2-6-10-12;1-2/h2-8,16H,1H3,(H2,15,18,19);11H,1-10H2;1-2H3. The molecule has 2 fully saturated rings. The molecule has 0 unspecified atom stereocenters. The van der Waals surface area contributed by atoms with E-state index in [0.29, 0.717) is 5.82 Å². The highest BCUT2D eigenvalue weighted by Crippen LogP contribution is 2.27. The number of hydrogen-bond acceptors (Lipinski definition) is 6. The van der Waals surface area contributed by atoms with Gasteiger partial charge in [0.2, 0.25) is 0 Å². The summed E-state index contributed by atoms with van der Waals surface area (Å²) >= 11 is 0. The monoisotopic (exact) mass is 448 g/mol. The minimum atomic E-state index is 0.490. The lowest BCUT2D eigenvalue weighted by Crippen LogP contribution is -2.40. The van der Waals surface area contributed by atoms with E-state index < -0.39 is 0 Å². The summed E-state index contributed by atoms with van der Waals surface area (Å²) in [4.78, 5) is 15.2. The Balaban J connectivity index is 0.000000188. The second-order valence-electron chi connectivity index (χ2n) is 8.59. The molecule has 1 saturated carbocycles. The van der Waals surface area contributed by atoms with Crippen LogP contribution < -0.4 is 11.1 Å². The van der Waals surface area contributed by atoms with Gasteiger partial charge in [0, 0.05) is 36.4 Å². The Kier molecular flexibility index (Phi) is 9.88. The van der Waals surface area contributed by atoms with Crippen LogP contribution in [0.15, 0.2) is 43.0 Å². The minimum Gasteiger partial charge on any atom is -0.387 e. The van der Waals surface area contributed by atoms with Crippen LogP contribution in [-0.2, 0) is 0 Å². The van der Waals surface area contributed by atoms with Gasteiger partial charge in [0.25, 0.3) is 0 Å². The number of fused-ring (bicyclic) bond motifs is 1. The molecule has 6 heteroatoms. The number of nitrogens with two attached hydrogens (primary N) is 1. The van der Waals surface area contributed by atoms with Gasteiger partial charge in [0.1, 0.15) is 12.1 Å². The van der Waals surface area contributed by atoms with Gasteiger partial charge in [0.05, 0.1) is 11.2 Å². The SMILES string of the molecule is C1CCC(N2CCCCC2)CC1.CC.CNc1cncc(-c2ccc3ncnc(N)c3c2)c1. The fourth-order valence-corrected chi connectivity index (χ4v) is 4.72. The fourth-order valence-electron chi connectivity index (χ4n) is 4.72. The molecule has 1 aliphatic heterocycles. The number of anilines is 2. The average molecular weight is 449 g/mol. The van der Waals surface area contributed by atoms with E-state index >= 15 is 0 Å². The molecule has 5 rings (SSSR count). The fraction of sp³-hybridized carbons (Fsp3) is 0.519. The maximum atomic E-state index is 5.88. The predicted octanol–water partition coefficient (Wildman–Crippen LogP) is 6.15. The molecule has 1 aliphatic carbocycles. The maximum Gasteiger partial charge on any atom is 0.134 e. The zero-order valence-electron chi connectivity index (χ0n) is 20.6.